The molecule has 0 unspecified atom stereocenters. The van der Waals surface area contributed by atoms with E-state index in [1.165, 1.54) is 123 Å². The Morgan fingerprint density at radius 1 is 0.500 bits per heavy atom. The first-order chi connectivity index (χ1) is 42.4. The third kappa shape index (κ3) is 25.1. The van der Waals surface area contributed by atoms with Gasteiger partial charge in [0, 0.05) is 73.8 Å². The first kappa shape index (κ1) is 84.2. The van der Waals surface area contributed by atoms with Crippen LogP contribution < -0.4 is 21.3 Å². The lowest BCUT2D eigenvalue weighted by Crippen LogP contribution is -2.62. The number of nitrogens with one attached hydrogen (secondary N) is 4. The molecule has 0 aromatic rings. The minimum atomic E-state index is -1.56. The molecule has 1 aliphatic rings. The van der Waals surface area contributed by atoms with Gasteiger partial charge in [0.2, 0.25) is 65.0 Å². The molecule has 0 aliphatic carbocycles. The van der Waals surface area contributed by atoms with E-state index in [-0.39, 0.29) is 67.9 Å². The average molecular weight is 1320 g/mol. The fraction of sp³-hybridized carbons (Fsp3) is 0.806. The molecular weight excluding hydrogens is 1200 g/mol. The number of hydrogen-bond donors (Lipinski definition) is 5. The van der Waals surface area contributed by atoms with Gasteiger partial charge < -0.3 is 65.6 Å². The molecule has 12 atom stereocenters. The predicted molar refractivity (Wildman–Crippen MR) is 363 cm³/mol. The lowest BCUT2D eigenvalue weighted by Gasteiger charge is -2.41. The van der Waals surface area contributed by atoms with Gasteiger partial charge in [0.25, 0.3) is 0 Å². The quantitative estimate of drug-likeness (QED) is 0.0849. The van der Waals surface area contributed by atoms with Crippen LogP contribution in [0.2, 0.25) is 0 Å². The molecule has 528 valence electrons. The molecule has 1 fully saturated rings. The number of amides is 11. The van der Waals surface area contributed by atoms with Crippen LogP contribution in [0.15, 0.2) is 12.2 Å². The van der Waals surface area contributed by atoms with Crippen LogP contribution >= 0.6 is 11.8 Å². The van der Waals surface area contributed by atoms with Gasteiger partial charge in [-0.05, 0) is 123 Å². The zero-order chi connectivity index (χ0) is 71.3. The predicted octanol–water partition coefficient (Wildman–Crippen LogP) is 4.08. The Kier molecular flexibility index (Phi) is 35.3. The Bertz CT molecular complexity index is 2500. The topological polar surface area (TPSA) is 282 Å². The number of likely N-dealkylation sites (N-methyl/N-ethyl adjacent to an activating group) is 7. The highest BCUT2D eigenvalue weighted by atomic mass is 32.2. The molecule has 24 nitrogen and oxygen atoms in total. The number of aliphatic hydroxyl groups is 1. The van der Waals surface area contributed by atoms with Gasteiger partial charge in [0.1, 0.15) is 66.5 Å². The molecule has 0 aromatic carbocycles. The molecule has 0 aromatic heterocycles. The number of carbonyl (C=O) groups is 11. The molecular formula is C67H122N12O12S. The van der Waals surface area contributed by atoms with Gasteiger partial charge in [-0.15, -0.1) is 0 Å². The zero-order valence-corrected chi connectivity index (χ0v) is 61.8. The number of thioether (sulfide) groups is 1. The third-order valence-electron chi connectivity index (χ3n) is 17.2. The Labute approximate surface area is 556 Å². The van der Waals surface area contributed by atoms with Crippen molar-refractivity contribution < 1.29 is 57.8 Å². The van der Waals surface area contributed by atoms with Crippen LogP contribution in [-0.4, -0.2) is 263 Å². The Hall–Kier alpha value is -5.82. The van der Waals surface area contributed by atoms with Crippen LogP contribution in [0.1, 0.15) is 163 Å². The van der Waals surface area contributed by atoms with Crippen molar-refractivity contribution >= 4 is 76.7 Å². The maximum atomic E-state index is 15.3. The van der Waals surface area contributed by atoms with Crippen LogP contribution in [0, 0.1) is 35.5 Å². The van der Waals surface area contributed by atoms with Crippen molar-refractivity contribution in [2.45, 2.75) is 235 Å². The second kappa shape index (κ2) is 38.5. The molecule has 0 radical (unpaired) electrons. The molecule has 0 spiro atoms. The largest absolute Gasteiger partial charge is 0.390 e. The minimum absolute atomic E-state index is 0.0534. The summed E-state index contributed by atoms with van der Waals surface area (Å²) in [5.74, 6) is -8.30. The van der Waals surface area contributed by atoms with E-state index >= 15 is 28.8 Å². The highest BCUT2D eigenvalue weighted by molar-refractivity contribution is 7.99. The van der Waals surface area contributed by atoms with Gasteiger partial charge >= 0.3 is 0 Å². The van der Waals surface area contributed by atoms with Gasteiger partial charge in [-0.2, -0.15) is 11.8 Å². The lowest BCUT2D eigenvalue weighted by atomic mass is 9.93. The fourth-order valence-electron chi connectivity index (χ4n) is 11.4. The second-order valence-corrected chi connectivity index (χ2v) is 29.7. The van der Waals surface area contributed by atoms with E-state index in [2.05, 4.69) is 21.3 Å². The third-order valence-corrected chi connectivity index (χ3v) is 18.2. The molecule has 1 heterocycles. The molecule has 0 bridgehead atoms. The van der Waals surface area contributed by atoms with Crippen LogP contribution in [0.5, 0.6) is 0 Å². The lowest BCUT2D eigenvalue weighted by molar-refractivity contribution is -0.156. The van der Waals surface area contributed by atoms with Crippen molar-refractivity contribution in [3.8, 4) is 0 Å². The maximum absolute atomic E-state index is 15.3. The van der Waals surface area contributed by atoms with E-state index in [0.29, 0.717) is 18.7 Å². The van der Waals surface area contributed by atoms with E-state index in [0.717, 1.165) is 0 Å². The highest BCUT2D eigenvalue weighted by Crippen LogP contribution is 2.26. The summed E-state index contributed by atoms with van der Waals surface area (Å²) in [6.45, 7) is 30.2. The van der Waals surface area contributed by atoms with Crippen molar-refractivity contribution in [2.24, 2.45) is 35.5 Å². The fourth-order valence-corrected chi connectivity index (χ4v) is 12.6. The molecule has 11 amide bonds. The van der Waals surface area contributed by atoms with Gasteiger partial charge in [0.05, 0.1) is 5.60 Å². The first-order valence-electron chi connectivity index (χ1n) is 33.0. The zero-order valence-electron chi connectivity index (χ0n) is 61.0. The van der Waals surface area contributed by atoms with Gasteiger partial charge in [-0.25, -0.2) is 0 Å². The Balaban J connectivity index is 4.51. The second-order valence-electron chi connectivity index (χ2n) is 28.5. The highest BCUT2D eigenvalue weighted by Gasteiger charge is 2.45. The summed E-state index contributed by atoms with van der Waals surface area (Å²) in [6.07, 6.45) is 4.76. The number of allylic oxidation sites excluding steroid dienone is 2. The van der Waals surface area contributed by atoms with Crippen LogP contribution in [0.4, 0.5) is 0 Å². The summed E-state index contributed by atoms with van der Waals surface area (Å²) in [7, 11) is 14.0. The van der Waals surface area contributed by atoms with Crippen LogP contribution in [0.3, 0.4) is 0 Å². The van der Waals surface area contributed by atoms with Crippen molar-refractivity contribution in [1.29, 1.82) is 0 Å². The summed E-state index contributed by atoms with van der Waals surface area (Å²) in [5, 5.41) is 22.6. The number of nitrogens with zero attached hydrogens (tertiary/aromatic N) is 8. The first-order valence-corrected chi connectivity index (χ1v) is 34.2. The maximum Gasteiger partial charge on any atom is 0.246 e. The van der Waals surface area contributed by atoms with Crippen molar-refractivity contribution in [2.75, 3.05) is 81.5 Å². The van der Waals surface area contributed by atoms with Gasteiger partial charge in [-0.3, -0.25) is 52.7 Å². The number of carbonyl (C=O) groups excluding carboxylic acids is 11. The summed E-state index contributed by atoms with van der Waals surface area (Å²) in [6, 6.07) is -13.4. The number of hydrogen-bond acceptors (Lipinski definition) is 14. The summed E-state index contributed by atoms with van der Waals surface area (Å²) < 4.78 is 0. The van der Waals surface area contributed by atoms with Crippen LogP contribution in [-0.2, 0) is 52.7 Å². The normalized spacial score (nSPS) is 26.4. The smallest absolute Gasteiger partial charge is 0.246 e. The van der Waals surface area contributed by atoms with Crippen molar-refractivity contribution in [3.63, 3.8) is 0 Å². The molecule has 0 saturated carbocycles. The van der Waals surface area contributed by atoms with E-state index in [1.54, 1.807) is 34.6 Å². The van der Waals surface area contributed by atoms with E-state index in [4.69, 9.17) is 0 Å². The molecule has 1 saturated heterocycles. The molecule has 5 N–H and O–H groups in total. The average Bonchev–Trinajstić information content (AvgIpc) is 0.821. The Morgan fingerprint density at radius 3 is 1.38 bits per heavy atom. The molecule has 92 heavy (non-hydrogen) atoms. The SMILES string of the molecule is C/C=C/C[C@@H](C)C[C@@H]1C(=O)N[C@H](CC)C(=O)N(C)[C@@H](CSCCN(C)C)C(=O)N(C)[C@@H](CC(C)(C)O)C(=O)N[C@H](C(C)C)C(=O)N(C)[C@H](CC(C)C)C(=O)N[C@H](C)C(=O)N[C@@H](C)C(=O)N(C)[C@@H](CC(C)C)C(=O)N(C)[C@H](CC(C)C)C(=O)N(C)[C@H](C(C)C)C(=O)N1C. The minimum Gasteiger partial charge on any atom is -0.390 e. The van der Waals surface area contributed by atoms with Gasteiger partial charge in [0.15, 0.2) is 0 Å². The van der Waals surface area contributed by atoms with Gasteiger partial charge in [-0.1, -0.05) is 95.2 Å². The van der Waals surface area contributed by atoms with Crippen LogP contribution in [0.25, 0.3) is 0 Å². The standard InChI is InChI=1S/C67H122N12O12S/c1-27-29-30-44(13)36-49-58(82)70-47(28-2)61(85)78(25)53(38-92-32-31-72(18)19)64(88)77(24)52(37-67(16,17)91)59(83)71-54(42(9)10)65(89)73(20)48(33-39(3)4)57(81)68-45(14)56(80)69-46(15)60(84)75(22)50(34-40(5)6)62(86)76(23)51(35-41(7)8)63(87)79(26)55(43(11)12)66(90)74(49)21/h27,29,39-55,91H,28,30-38H2,1-26H3,(H,68,81)(H,69,80)(H,70,82)(H,71,83)/b29-27+/t44-,45-,46+,47-,48-,49-,50+,51-,52+,53+,54-,55-/m1/s1. The molecule has 1 rings (SSSR count). The van der Waals surface area contributed by atoms with E-state index in [9.17, 15) is 29.1 Å². The van der Waals surface area contributed by atoms with E-state index in [1.807, 2.05) is 86.5 Å². The number of rotatable bonds is 20. The van der Waals surface area contributed by atoms with Crippen molar-refractivity contribution in [3.05, 3.63) is 12.2 Å². The molecule has 25 heteroatoms. The van der Waals surface area contributed by atoms with Crippen molar-refractivity contribution in [1.82, 2.24) is 60.5 Å². The Morgan fingerprint density at radius 2 is 0.913 bits per heavy atom. The molecule has 1 aliphatic heterocycles. The summed E-state index contributed by atoms with van der Waals surface area (Å²) >= 11 is 1.40. The summed E-state index contributed by atoms with van der Waals surface area (Å²) in [5.41, 5.74) is -1.56. The monoisotopic (exact) mass is 1320 g/mol. The summed E-state index contributed by atoms with van der Waals surface area (Å²) in [4.78, 5) is 174. The van der Waals surface area contributed by atoms with E-state index < -0.39 is 149 Å².